The lowest BCUT2D eigenvalue weighted by Crippen LogP contribution is -2.19. The summed E-state index contributed by atoms with van der Waals surface area (Å²) in [5.41, 5.74) is 4.56. The normalized spacial score (nSPS) is 21.5. The molecule has 7 heteroatoms. The zero-order valence-corrected chi connectivity index (χ0v) is 18.3. The molecule has 0 radical (unpaired) electrons. The summed E-state index contributed by atoms with van der Waals surface area (Å²) in [6.45, 7) is 1.25. The van der Waals surface area contributed by atoms with E-state index in [1.54, 1.807) is 0 Å². The van der Waals surface area contributed by atoms with Crippen LogP contribution in [0.3, 0.4) is 0 Å². The lowest BCUT2D eigenvalue weighted by Gasteiger charge is -2.27. The van der Waals surface area contributed by atoms with E-state index in [1.807, 2.05) is 23.1 Å². The van der Waals surface area contributed by atoms with Gasteiger partial charge in [0.2, 0.25) is 0 Å². The minimum atomic E-state index is -0.00442. The van der Waals surface area contributed by atoms with Crippen LogP contribution in [-0.4, -0.2) is 33.9 Å². The lowest BCUT2D eigenvalue weighted by molar-refractivity contribution is -0.0370. The van der Waals surface area contributed by atoms with Gasteiger partial charge in [-0.3, -0.25) is 0 Å². The average Bonchev–Trinajstić information content (AvgIpc) is 3.22. The maximum absolute atomic E-state index is 6.69. The summed E-state index contributed by atoms with van der Waals surface area (Å²) in [6, 6.07) is 6.34. The Bertz CT molecular complexity index is 1050. The third-order valence-corrected chi connectivity index (χ3v) is 6.73. The molecule has 5 rings (SSSR count). The van der Waals surface area contributed by atoms with Crippen LogP contribution in [-0.2, 0) is 11.2 Å². The second-order valence-corrected chi connectivity index (χ2v) is 8.78. The fourth-order valence-corrected chi connectivity index (χ4v) is 5.11. The number of fused-ring (bicyclic) bond motifs is 2. The van der Waals surface area contributed by atoms with E-state index in [0.29, 0.717) is 12.5 Å². The lowest BCUT2D eigenvalue weighted by atomic mass is 9.79. The van der Waals surface area contributed by atoms with Crippen molar-refractivity contribution in [3.8, 4) is 5.75 Å². The highest BCUT2D eigenvalue weighted by atomic mass is 35.5. The van der Waals surface area contributed by atoms with Crippen LogP contribution in [0.5, 0.6) is 5.75 Å². The highest BCUT2D eigenvalue weighted by Gasteiger charge is 2.26. The molecule has 1 saturated heterocycles. The molecule has 0 N–H and O–H groups in total. The van der Waals surface area contributed by atoms with Gasteiger partial charge in [0.1, 0.15) is 12.4 Å². The number of halogens is 2. The fraction of sp³-hybridized carbons (Fsp3) is 0.478. The van der Waals surface area contributed by atoms with Crippen molar-refractivity contribution in [1.82, 2.24) is 14.8 Å². The quantitative estimate of drug-likeness (QED) is 0.460. The maximum Gasteiger partial charge on any atom is 0.160 e. The summed E-state index contributed by atoms with van der Waals surface area (Å²) in [4.78, 5) is 4.79. The first kappa shape index (κ1) is 20.1. The highest BCUT2D eigenvalue weighted by Crippen LogP contribution is 2.43. The molecule has 2 atom stereocenters. The number of nitrogens with zero attached hydrogens (tertiary/aromatic N) is 3. The summed E-state index contributed by atoms with van der Waals surface area (Å²) in [6.07, 6.45) is 10.3. The van der Waals surface area contributed by atoms with Crippen LogP contribution >= 0.6 is 23.2 Å². The van der Waals surface area contributed by atoms with E-state index in [9.17, 15) is 0 Å². The number of rotatable bonds is 5. The summed E-state index contributed by atoms with van der Waals surface area (Å²) >= 11 is 12.4. The van der Waals surface area contributed by atoms with Crippen molar-refractivity contribution in [2.75, 3.05) is 19.1 Å². The van der Waals surface area contributed by atoms with E-state index in [1.165, 1.54) is 23.1 Å². The van der Waals surface area contributed by atoms with E-state index in [0.717, 1.165) is 60.5 Å². The topological polar surface area (TPSA) is 49.2 Å². The number of hydrogen-bond donors (Lipinski definition) is 0. The van der Waals surface area contributed by atoms with Crippen molar-refractivity contribution >= 4 is 34.2 Å². The van der Waals surface area contributed by atoms with Crippen LogP contribution in [0, 0.1) is 0 Å². The first-order valence-electron chi connectivity index (χ1n) is 10.7. The van der Waals surface area contributed by atoms with Crippen LogP contribution in [0.2, 0.25) is 5.02 Å². The number of ether oxygens (including phenoxy) is 2. The molecule has 1 fully saturated rings. The summed E-state index contributed by atoms with van der Waals surface area (Å²) in [5.74, 6) is 1.44. The Kier molecular flexibility index (Phi) is 5.85. The zero-order valence-electron chi connectivity index (χ0n) is 16.8. The Morgan fingerprint density at radius 2 is 2.10 bits per heavy atom. The Balaban J connectivity index is 1.47. The zero-order chi connectivity index (χ0) is 20.5. The number of hydrogen-bond acceptors (Lipinski definition) is 4. The molecule has 0 bridgehead atoms. The van der Waals surface area contributed by atoms with Gasteiger partial charge in [0, 0.05) is 24.1 Å². The molecular weight excluding hydrogens is 421 g/mol. The molecule has 158 valence electrons. The number of alkyl halides is 1. The Morgan fingerprint density at radius 1 is 1.17 bits per heavy atom. The summed E-state index contributed by atoms with van der Waals surface area (Å²) in [5, 5.41) is 6.36. The molecule has 3 heterocycles. The highest BCUT2D eigenvalue weighted by molar-refractivity contribution is 6.33. The second kappa shape index (κ2) is 8.74. The van der Waals surface area contributed by atoms with Crippen LogP contribution in [0.15, 0.2) is 30.6 Å². The Hall–Kier alpha value is -1.82. The molecule has 3 aromatic rings. The molecule has 2 aromatic heterocycles. The van der Waals surface area contributed by atoms with Gasteiger partial charge in [-0.05, 0) is 67.3 Å². The van der Waals surface area contributed by atoms with Gasteiger partial charge >= 0.3 is 0 Å². The van der Waals surface area contributed by atoms with Crippen LogP contribution in [0.1, 0.15) is 60.9 Å². The van der Waals surface area contributed by atoms with Crippen LogP contribution < -0.4 is 4.74 Å². The SMILES string of the molecule is ClCCOc1ccc2c(c1Cl)CCCC2c1cnc2c(cnn2C2CCCCO2)c1. The van der Waals surface area contributed by atoms with Gasteiger partial charge in [0.05, 0.1) is 17.1 Å². The van der Waals surface area contributed by atoms with E-state index in [-0.39, 0.29) is 12.1 Å². The predicted octanol–water partition coefficient (Wildman–Crippen LogP) is 5.87. The van der Waals surface area contributed by atoms with Gasteiger partial charge in [-0.25, -0.2) is 9.67 Å². The van der Waals surface area contributed by atoms with Crippen LogP contribution in [0.4, 0.5) is 0 Å². The van der Waals surface area contributed by atoms with Gasteiger partial charge in [0.15, 0.2) is 11.9 Å². The first-order chi connectivity index (χ1) is 14.8. The molecule has 5 nitrogen and oxygen atoms in total. The molecular formula is C23H25Cl2N3O2. The third kappa shape index (κ3) is 3.68. The van der Waals surface area contributed by atoms with Gasteiger partial charge in [0.25, 0.3) is 0 Å². The van der Waals surface area contributed by atoms with Crippen molar-refractivity contribution in [3.63, 3.8) is 0 Å². The van der Waals surface area contributed by atoms with E-state index in [2.05, 4.69) is 17.2 Å². The van der Waals surface area contributed by atoms with E-state index >= 15 is 0 Å². The standard InChI is InChI=1S/C23H25Cl2N3O2/c24-9-11-29-20-8-7-18-17(4-3-5-19(18)22(20)25)15-12-16-14-27-28(23(16)26-13-15)21-6-1-2-10-30-21/h7-8,12-14,17,21H,1-6,9-11H2. The molecule has 0 saturated carbocycles. The van der Waals surface area contributed by atoms with Gasteiger partial charge in [-0.15, -0.1) is 11.6 Å². The van der Waals surface area contributed by atoms with Crippen molar-refractivity contribution in [1.29, 1.82) is 0 Å². The minimum Gasteiger partial charge on any atom is -0.491 e. The monoisotopic (exact) mass is 445 g/mol. The maximum atomic E-state index is 6.69. The molecule has 1 aliphatic heterocycles. The fourth-order valence-electron chi connectivity index (χ4n) is 4.71. The van der Waals surface area contributed by atoms with Crippen molar-refractivity contribution in [2.45, 2.75) is 50.7 Å². The van der Waals surface area contributed by atoms with Gasteiger partial charge in [-0.1, -0.05) is 17.7 Å². The number of pyridine rings is 1. The first-order valence-corrected chi connectivity index (χ1v) is 11.6. The van der Waals surface area contributed by atoms with Crippen molar-refractivity contribution < 1.29 is 9.47 Å². The molecule has 0 amide bonds. The molecule has 1 aliphatic carbocycles. The average molecular weight is 446 g/mol. The smallest absolute Gasteiger partial charge is 0.160 e. The molecule has 2 unspecified atom stereocenters. The third-order valence-electron chi connectivity index (χ3n) is 6.16. The molecule has 0 spiro atoms. The van der Waals surface area contributed by atoms with Crippen molar-refractivity contribution in [2.24, 2.45) is 0 Å². The molecule has 30 heavy (non-hydrogen) atoms. The summed E-state index contributed by atoms with van der Waals surface area (Å²) in [7, 11) is 0. The number of aromatic nitrogens is 3. The van der Waals surface area contributed by atoms with E-state index in [4.69, 9.17) is 37.7 Å². The summed E-state index contributed by atoms with van der Waals surface area (Å²) < 4.78 is 13.5. The van der Waals surface area contributed by atoms with Gasteiger partial charge in [-0.2, -0.15) is 5.10 Å². The second-order valence-electron chi connectivity index (χ2n) is 8.02. The largest absolute Gasteiger partial charge is 0.491 e. The minimum absolute atomic E-state index is 0.00442. The van der Waals surface area contributed by atoms with Crippen molar-refractivity contribution in [3.05, 3.63) is 52.3 Å². The molecule has 2 aliphatic rings. The van der Waals surface area contributed by atoms with E-state index < -0.39 is 0 Å². The van der Waals surface area contributed by atoms with Gasteiger partial charge < -0.3 is 9.47 Å². The number of benzene rings is 1. The van der Waals surface area contributed by atoms with Crippen LogP contribution in [0.25, 0.3) is 11.0 Å². The Labute approximate surface area is 186 Å². The predicted molar refractivity (Wildman–Crippen MR) is 119 cm³/mol. The Morgan fingerprint density at radius 3 is 2.93 bits per heavy atom. The molecule has 1 aromatic carbocycles.